The van der Waals surface area contributed by atoms with Crippen LogP contribution < -0.4 is 15.2 Å². The van der Waals surface area contributed by atoms with Crippen molar-refractivity contribution < 1.29 is 9.47 Å². The molecule has 21 heavy (non-hydrogen) atoms. The normalized spacial score (nSPS) is 10.0. The maximum atomic E-state index is 8.88. The molecule has 0 saturated heterocycles. The minimum absolute atomic E-state index is 0.290. The monoisotopic (exact) mass is 283 g/mol. The highest BCUT2D eigenvalue weighted by Gasteiger charge is 2.10. The number of aromatic nitrogens is 1. The van der Waals surface area contributed by atoms with Gasteiger partial charge in [-0.3, -0.25) is 4.98 Å². The van der Waals surface area contributed by atoms with E-state index < -0.39 is 0 Å². The third kappa shape index (κ3) is 3.06. The van der Waals surface area contributed by atoms with Gasteiger partial charge in [-0.15, -0.1) is 0 Å². The van der Waals surface area contributed by atoms with Gasteiger partial charge < -0.3 is 15.2 Å². The summed E-state index contributed by atoms with van der Waals surface area (Å²) >= 11 is 0. The summed E-state index contributed by atoms with van der Waals surface area (Å²) in [4.78, 5) is 4.34. The molecule has 1 heterocycles. The van der Waals surface area contributed by atoms with Crippen molar-refractivity contribution in [2.24, 2.45) is 0 Å². The molecule has 1 aromatic carbocycles. The van der Waals surface area contributed by atoms with E-state index >= 15 is 0 Å². The summed E-state index contributed by atoms with van der Waals surface area (Å²) in [5.41, 5.74) is 9.89. The highest BCUT2D eigenvalue weighted by Crippen LogP contribution is 2.29. The van der Waals surface area contributed by atoms with Crippen LogP contribution in [0.2, 0.25) is 0 Å². The van der Waals surface area contributed by atoms with Gasteiger partial charge in [0.25, 0.3) is 0 Å². The van der Waals surface area contributed by atoms with E-state index in [0.717, 1.165) is 22.5 Å². The van der Waals surface area contributed by atoms with E-state index in [0.29, 0.717) is 23.7 Å². The van der Waals surface area contributed by atoms with Crippen LogP contribution in [0.5, 0.6) is 11.5 Å². The largest absolute Gasteiger partial charge is 0.493 e. The first kappa shape index (κ1) is 14.7. The van der Waals surface area contributed by atoms with Gasteiger partial charge in [-0.2, -0.15) is 5.26 Å². The van der Waals surface area contributed by atoms with Gasteiger partial charge >= 0.3 is 0 Å². The Balaban J connectivity index is 2.21. The Kier molecular flexibility index (Phi) is 4.29. The van der Waals surface area contributed by atoms with Crippen LogP contribution in [0.4, 0.5) is 5.69 Å². The van der Waals surface area contributed by atoms with Crippen LogP contribution in [-0.4, -0.2) is 12.1 Å². The molecule has 0 saturated carbocycles. The summed E-state index contributed by atoms with van der Waals surface area (Å²) < 4.78 is 11.0. The molecule has 2 aromatic rings. The van der Waals surface area contributed by atoms with E-state index in [1.54, 1.807) is 24.4 Å². The van der Waals surface area contributed by atoms with Crippen molar-refractivity contribution in [2.75, 3.05) is 12.8 Å². The molecule has 0 bridgehead atoms. The molecule has 0 aliphatic heterocycles. The lowest BCUT2D eigenvalue weighted by atomic mass is 10.1. The third-order valence-corrected chi connectivity index (χ3v) is 3.33. The standard InChI is InChI=1S/C16H17N3O2/c1-10-8-19-13(11(2)16(10)18)9-21-14-5-4-12(7-17)6-15(14)20-3/h4-6,8H,9H2,1-3H3,(H2,18,19). The van der Waals surface area contributed by atoms with Gasteiger partial charge in [0.2, 0.25) is 0 Å². The first-order chi connectivity index (χ1) is 10.1. The summed E-state index contributed by atoms with van der Waals surface area (Å²) in [6, 6.07) is 7.09. The maximum Gasteiger partial charge on any atom is 0.162 e. The Morgan fingerprint density at radius 3 is 2.71 bits per heavy atom. The first-order valence-corrected chi connectivity index (χ1v) is 6.48. The van der Waals surface area contributed by atoms with Crippen LogP contribution in [0.3, 0.4) is 0 Å². The molecule has 108 valence electrons. The Morgan fingerprint density at radius 1 is 1.29 bits per heavy atom. The van der Waals surface area contributed by atoms with E-state index in [1.807, 2.05) is 13.8 Å². The molecular weight excluding hydrogens is 266 g/mol. The molecule has 0 aliphatic carbocycles. The minimum Gasteiger partial charge on any atom is -0.493 e. The molecule has 2 N–H and O–H groups in total. The SMILES string of the molecule is COc1cc(C#N)ccc1OCc1ncc(C)c(N)c1C. The Labute approximate surface area is 123 Å². The number of ether oxygens (including phenoxy) is 2. The van der Waals surface area contributed by atoms with Crippen molar-refractivity contribution >= 4 is 5.69 Å². The number of hydrogen-bond acceptors (Lipinski definition) is 5. The number of rotatable bonds is 4. The molecule has 5 nitrogen and oxygen atoms in total. The lowest BCUT2D eigenvalue weighted by Gasteiger charge is -2.13. The van der Waals surface area contributed by atoms with E-state index in [4.69, 9.17) is 20.5 Å². The van der Waals surface area contributed by atoms with Gasteiger partial charge in [0, 0.05) is 18.0 Å². The number of methoxy groups -OCH3 is 1. The molecular formula is C16H17N3O2. The van der Waals surface area contributed by atoms with E-state index in [-0.39, 0.29) is 0 Å². The average molecular weight is 283 g/mol. The van der Waals surface area contributed by atoms with Gasteiger partial charge in [-0.25, -0.2) is 0 Å². The summed E-state index contributed by atoms with van der Waals surface area (Å²) in [6.07, 6.45) is 1.73. The molecule has 0 atom stereocenters. The summed E-state index contributed by atoms with van der Waals surface area (Å²) in [6.45, 7) is 4.13. The number of pyridine rings is 1. The topological polar surface area (TPSA) is 81.2 Å². The van der Waals surface area contributed by atoms with Crippen molar-refractivity contribution in [3.8, 4) is 17.6 Å². The second kappa shape index (κ2) is 6.14. The van der Waals surface area contributed by atoms with E-state index in [9.17, 15) is 0 Å². The van der Waals surface area contributed by atoms with Crippen LogP contribution in [0, 0.1) is 25.2 Å². The van der Waals surface area contributed by atoms with Crippen molar-refractivity contribution in [1.29, 1.82) is 5.26 Å². The first-order valence-electron chi connectivity index (χ1n) is 6.48. The fourth-order valence-corrected chi connectivity index (χ4v) is 1.94. The predicted molar refractivity (Wildman–Crippen MR) is 80.2 cm³/mol. The van der Waals surface area contributed by atoms with Crippen molar-refractivity contribution in [1.82, 2.24) is 4.98 Å². The molecule has 0 unspecified atom stereocenters. The van der Waals surface area contributed by atoms with Gasteiger partial charge in [0.1, 0.15) is 6.61 Å². The van der Waals surface area contributed by atoms with Gasteiger partial charge in [-0.1, -0.05) is 0 Å². The molecule has 0 aliphatic rings. The number of anilines is 1. The molecule has 1 aromatic heterocycles. The fourth-order valence-electron chi connectivity index (χ4n) is 1.94. The molecule has 5 heteroatoms. The van der Waals surface area contributed by atoms with Crippen LogP contribution in [-0.2, 0) is 6.61 Å². The number of nitrogen functional groups attached to an aromatic ring is 1. The zero-order chi connectivity index (χ0) is 15.4. The molecule has 0 fully saturated rings. The van der Waals surface area contributed by atoms with Crippen LogP contribution in [0.15, 0.2) is 24.4 Å². The van der Waals surface area contributed by atoms with Crippen LogP contribution >= 0.6 is 0 Å². The summed E-state index contributed by atoms with van der Waals surface area (Å²) in [5.74, 6) is 1.09. The minimum atomic E-state index is 0.290. The number of hydrogen-bond donors (Lipinski definition) is 1. The molecule has 0 amide bonds. The second-order valence-electron chi connectivity index (χ2n) is 4.69. The lowest BCUT2D eigenvalue weighted by Crippen LogP contribution is -2.05. The van der Waals surface area contributed by atoms with Crippen molar-refractivity contribution in [2.45, 2.75) is 20.5 Å². The second-order valence-corrected chi connectivity index (χ2v) is 4.69. The maximum absolute atomic E-state index is 8.88. The molecule has 0 spiro atoms. The number of nitrogens with zero attached hydrogens (tertiary/aromatic N) is 2. The quantitative estimate of drug-likeness (QED) is 0.933. The number of nitrogens with two attached hydrogens (primary N) is 1. The van der Waals surface area contributed by atoms with Gasteiger partial charge in [-0.05, 0) is 37.1 Å². The van der Waals surface area contributed by atoms with Crippen LogP contribution in [0.1, 0.15) is 22.4 Å². The molecule has 2 rings (SSSR count). The predicted octanol–water partition coefficient (Wildman–Crippen LogP) is 2.74. The Bertz CT molecular complexity index is 705. The van der Waals surface area contributed by atoms with Gasteiger partial charge in [0.15, 0.2) is 11.5 Å². The number of nitriles is 1. The zero-order valence-corrected chi connectivity index (χ0v) is 12.3. The summed E-state index contributed by atoms with van der Waals surface area (Å²) in [7, 11) is 1.54. The van der Waals surface area contributed by atoms with Gasteiger partial charge in [0.05, 0.1) is 24.4 Å². The number of benzene rings is 1. The third-order valence-electron chi connectivity index (χ3n) is 3.33. The van der Waals surface area contributed by atoms with E-state index in [2.05, 4.69) is 11.1 Å². The highest BCUT2D eigenvalue weighted by atomic mass is 16.5. The Morgan fingerprint density at radius 2 is 2.05 bits per heavy atom. The Hall–Kier alpha value is -2.74. The summed E-state index contributed by atoms with van der Waals surface area (Å²) in [5, 5.41) is 8.88. The molecule has 0 radical (unpaired) electrons. The smallest absolute Gasteiger partial charge is 0.162 e. The van der Waals surface area contributed by atoms with Crippen molar-refractivity contribution in [3.63, 3.8) is 0 Å². The average Bonchev–Trinajstić information content (AvgIpc) is 2.52. The van der Waals surface area contributed by atoms with Crippen molar-refractivity contribution in [3.05, 3.63) is 46.8 Å². The number of aryl methyl sites for hydroxylation is 1. The van der Waals surface area contributed by atoms with E-state index in [1.165, 1.54) is 7.11 Å². The fraction of sp³-hybridized carbons (Fsp3) is 0.250. The lowest BCUT2D eigenvalue weighted by molar-refractivity contribution is 0.280. The highest BCUT2D eigenvalue weighted by molar-refractivity contribution is 5.53. The zero-order valence-electron chi connectivity index (χ0n) is 12.3. The van der Waals surface area contributed by atoms with Crippen LogP contribution in [0.25, 0.3) is 0 Å².